The Morgan fingerprint density at radius 2 is 1.69 bits per heavy atom. The zero-order valence-corrected chi connectivity index (χ0v) is 16.2. The van der Waals surface area contributed by atoms with Crippen LogP contribution >= 0.6 is 0 Å². The average Bonchev–Trinajstić information content (AvgIpc) is 2.76. The summed E-state index contributed by atoms with van der Waals surface area (Å²) in [6, 6.07) is 16.3. The van der Waals surface area contributed by atoms with Crippen molar-refractivity contribution in [3.8, 4) is 5.75 Å². The largest absolute Gasteiger partial charge is 0.506 e. The Bertz CT molecular complexity index is 865. The molecule has 0 bridgehead atoms. The van der Waals surface area contributed by atoms with Gasteiger partial charge in [-0.1, -0.05) is 42.5 Å². The van der Waals surface area contributed by atoms with E-state index in [0.29, 0.717) is 32.7 Å². The van der Waals surface area contributed by atoms with Crippen molar-refractivity contribution in [1.82, 2.24) is 9.80 Å². The molecule has 7 heteroatoms. The molecule has 2 aliphatic rings. The third-order valence-electron chi connectivity index (χ3n) is 5.49. The summed E-state index contributed by atoms with van der Waals surface area (Å²) in [5.41, 5.74) is 1.77. The molecule has 1 unspecified atom stereocenters. The van der Waals surface area contributed by atoms with Gasteiger partial charge in [0, 0.05) is 32.7 Å². The predicted octanol–water partition coefficient (Wildman–Crippen LogP) is 1.47. The molecular weight excluding hydrogens is 370 g/mol. The fourth-order valence-electron chi connectivity index (χ4n) is 3.90. The lowest BCUT2D eigenvalue weighted by molar-refractivity contribution is -0.160. The van der Waals surface area contributed by atoms with Gasteiger partial charge in [-0.05, 0) is 17.7 Å². The fraction of sp³-hybridized carbons (Fsp3) is 0.364. The highest BCUT2D eigenvalue weighted by molar-refractivity contribution is 5.89. The molecule has 0 spiro atoms. The summed E-state index contributed by atoms with van der Waals surface area (Å²) in [5.74, 6) is 0.00445. The number of benzene rings is 2. The normalized spacial score (nSPS) is 20.1. The van der Waals surface area contributed by atoms with Gasteiger partial charge in [0.25, 0.3) is 0 Å². The van der Waals surface area contributed by atoms with Gasteiger partial charge in [-0.25, -0.2) is 0 Å². The van der Waals surface area contributed by atoms with Crippen LogP contribution in [0.1, 0.15) is 5.56 Å². The van der Waals surface area contributed by atoms with Crippen LogP contribution in [-0.2, 0) is 20.9 Å². The van der Waals surface area contributed by atoms with Crippen LogP contribution in [0, 0.1) is 0 Å². The van der Waals surface area contributed by atoms with E-state index in [4.69, 9.17) is 4.74 Å². The number of anilines is 1. The number of amides is 2. The van der Waals surface area contributed by atoms with Crippen LogP contribution in [-0.4, -0.2) is 72.2 Å². The van der Waals surface area contributed by atoms with Crippen LogP contribution in [0.2, 0.25) is 0 Å². The van der Waals surface area contributed by atoms with E-state index in [9.17, 15) is 14.7 Å². The molecule has 2 aromatic rings. The summed E-state index contributed by atoms with van der Waals surface area (Å²) in [4.78, 5) is 31.2. The topological polar surface area (TPSA) is 73.3 Å². The summed E-state index contributed by atoms with van der Waals surface area (Å²) in [6.45, 7) is 2.97. The van der Waals surface area contributed by atoms with Gasteiger partial charge in [-0.2, -0.15) is 0 Å². The molecule has 1 atom stereocenters. The number of morpholine rings is 1. The molecule has 0 radical (unpaired) electrons. The number of para-hydroxylation sites is 2. The Hall–Kier alpha value is -3.06. The molecule has 2 fully saturated rings. The molecule has 29 heavy (non-hydrogen) atoms. The number of carbonyl (C=O) groups is 2. The second-order valence-electron chi connectivity index (χ2n) is 7.34. The summed E-state index contributed by atoms with van der Waals surface area (Å²) in [6.07, 6.45) is 0. The van der Waals surface area contributed by atoms with Crippen molar-refractivity contribution in [2.24, 2.45) is 0 Å². The number of hydrogen-bond acceptors (Lipinski definition) is 5. The molecule has 2 aromatic carbocycles. The minimum Gasteiger partial charge on any atom is -0.506 e. The monoisotopic (exact) mass is 395 g/mol. The minimum absolute atomic E-state index is 0.0116. The van der Waals surface area contributed by atoms with Crippen LogP contribution in [0.15, 0.2) is 54.6 Å². The van der Waals surface area contributed by atoms with E-state index < -0.39 is 6.04 Å². The summed E-state index contributed by atoms with van der Waals surface area (Å²) < 4.78 is 5.40. The summed E-state index contributed by atoms with van der Waals surface area (Å²) in [7, 11) is 0. The van der Waals surface area contributed by atoms with E-state index in [1.807, 2.05) is 42.5 Å². The maximum atomic E-state index is 13.2. The molecule has 0 aliphatic carbocycles. The number of rotatable bonds is 4. The van der Waals surface area contributed by atoms with Crippen molar-refractivity contribution in [2.75, 3.05) is 44.3 Å². The van der Waals surface area contributed by atoms with Crippen LogP contribution < -0.4 is 4.90 Å². The van der Waals surface area contributed by atoms with Gasteiger partial charge in [-0.3, -0.25) is 9.59 Å². The minimum atomic E-state index is -0.604. The smallest absolute Gasteiger partial charge is 0.249 e. The number of phenolic OH excluding ortho intramolecular Hbond substituents is 1. The maximum absolute atomic E-state index is 13.2. The lowest BCUT2D eigenvalue weighted by atomic mass is 10.1. The van der Waals surface area contributed by atoms with Gasteiger partial charge in [0.05, 0.1) is 12.3 Å². The van der Waals surface area contributed by atoms with Gasteiger partial charge in [0.1, 0.15) is 18.4 Å². The molecule has 0 aromatic heterocycles. The van der Waals surface area contributed by atoms with Crippen LogP contribution in [0.3, 0.4) is 0 Å². The van der Waals surface area contributed by atoms with Crippen LogP contribution in [0.25, 0.3) is 0 Å². The SMILES string of the molecule is O=C(C1COCC(=O)N1Cc1ccccc1)N1CCN(c2ccccc2O)CC1. The third kappa shape index (κ3) is 4.19. The van der Waals surface area contributed by atoms with Gasteiger partial charge >= 0.3 is 0 Å². The van der Waals surface area contributed by atoms with Gasteiger partial charge in [-0.15, -0.1) is 0 Å². The number of hydrogen-bond donors (Lipinski definition) is 1. The first-order valence-electron chi connectivity index (χ1n) is 9.86. The zero-order valence-electron chi connectivity index (χ0n) is 16.2. The zero-order chi connectivity index (χ0) is 20.2. The van der Waals surface area contributed by atoms with E-state index >= 15 is 0 Å². The molecule has 0 saturated carbocycles. The molecule has 152 valence electrons. The van der Waals surface area contributed by atoms with E-state index in [1.54, 1.807) is 21.9 Å². The molecule has 2 aliphatic heterocycles. The second-order valence-corrected chi connectivity index (χ2v) is 7.34. The molecule has 1 N–H and O–H groups in total. The van der Waals surface area contributed by atoms with Crippen molar-refractivity contribution >= 4 is 17.5 Å². The highest BCUT2D eigenvalue weighted by Crippen LogP contribution is 2.27. The molecule has 2 saturated heterocycles. The van der Waals surface area contributed by atoms with Gasteiger partial charge < -0.3 is 24.5 Å². The third-order valence-corrected chi connectivity index (χ3v) is 5.49. The van der Waals surface area contributed by atoms with Crippen LogP contribution in [0.5, 0.6) is 5.75 Å². The Morgan fingerprint density at radius 1 is 1.00 bits per heavy atom. The summed E-state index contributed by atoms with van der Waals surface area (Å²) >= 11 is 0. The van der Waals surface area contributed by atoms with Crippen molar-refractivity contribution < 1.29 is 19.4 Å². The van der Waals surface area contributed by atoms with Crippen molar-refractivity contribution in [2.45, 2.75) is 12.6 Å². The number of aromatic hydroxyl groups is 1. The van der Waals surface area contributed by atoms with E-state index in [2.05, 4.69) is 4.90 Å². The number of carbonyl (C=O) groups excluding carboxylic acids is 2. The molecule has 4 rings (SSSR count). The Kier molecular flexibility index (Phi) is 5.67. The maximum Gasteiger partial charge on any atom is 0.249 e. The first kappa shape index (κ1) is 19.3. The number of piperazine rings is 1. The van der Waals surface area contributed by atoms with E-state index in [1.165, 1.54) is 0 Å². The Labute approximate surface area is 170 Å². The lowest BCUT2D eigenvalue weighted by Crippen LogP contribution is -2.59. The lowest BCUT2D eigenvalue weighted by Gasteiger charge is -2.41. The fourth-order valence-corrected chi connectivity index (χ4v) is 3.90. The average molecular weight is 395 g/mol. The van der Waals surface area contributed by atoms with E-state index in [-0.39, 0.29) is 30.8 Å². The number of ether oxygens (including phenoxy) is 1. The van der Waals surface area contributed by atoms with Crippen LogP contribution in [0.4, 0.5) is 5.69 Å². The molecular formula is C22H25N3O4. The Morgan fingerprint density at radius 3 is 2.41 bits per heavy atom. The standard InChI is InChI=1S/C22H25N3O4/c26-20-9-5-4-8-18(20)23-10-12-24(13-11-23)22(28)19-15-29-16-21(27)25(19)14-17-6-2-1-3-7-17/h1-9,19,26H,10-16H2. The highest BCUT2D eigenvalue weighted by Gasteiger charge is 2.37. The molecule has 2 heterocycles. The highest BCUT2D eigenvalue weighted by atomic mass is 16.5. The molecule has 2 amide bonds. The van der Waals surface area contributed by atoms with Gasteiger partial charge in [0.15, 0.2) is 0 Å². The quantitative estimate of drug-likeness (QED) is 0.849. The number of phenols is 1. The molecule has 7 nitrogen and oxygen atoms in total. The van der Waals surface area contributed by atoms with Crippen molar-refractivity contribution in [3.63, 3.8) is 0 Å². The first-order valence-corrected chi connectivity index (χ1v) is 9.86. The van der Waals surface area contributed by atoms with E-state index in [0.717, 1.165) is 11.3 Å². The van der Waals surface area contributed by atoms with Gasteiger partial charge in [0.2, 0.25) is 11.8 Å². The number of nitrogens with zero attached hydrogens (tertiary/aromatic N) is 3. The summed E-state index contributed by atoms with van der Waals surface area (Å²) in [5, 5.41) is 10.1. The predicted molar refractivity (Wildman–Crippen MR) is 108 cm³/mol. The first-order chi connectivity index (χ1) is 14.1. The Balaban J connectivity index is 1.42. The van der Waals surface area contributed by atoms with Crippen molar-refractivity contribution in [3.05, 3.63) is 60.2 Å². The van der Waals surface area contributed by atoms with Crippen molar-refractivity contribution in [1.29, 1.82) is 0 Å². The second kappa shape index (κ2) is 8.53.